The molecule has 3 rings (SSSR count). The fourth-order valence-electron chi connectivity index (χ4n) is 3.03. The van der Waals surface area contributed by atoms with E-state index in [9.17, 15) is 5.11 Å². The molecule has 0 atom stereocenters. The van der Waals surface area contributed by atoms with Gasteiger partial charge in [0.25, 0.3) is 0 Å². The Balaban J connectivity index is 2.14. The summed E-state index contributed by atoms with van der Waals surface area (Å²) in [5.74, 6) is 2.02. The Bertz CT molecular complexity index is 937. The van der Waals surface area contributed by atoms with E-state index in [0.717, 1.165) is 33.3 Å². The van der Waals surface area contributed by atoms with Gasteiger partial charge in [-0.25, -0.2) is 4.98 Å². The lowest BCUT2D eigenvalue weighted by Crippen LogP contribution is -1.98. The molecule has 136 valence electrons. The van der Waals surface area contributed by atoms with Crippen LogP contribution in [0.1, 0.15) is 18.1 Å². The summed E-state index contributed by atoms with van der Waals surface area (Å²) in [5, 5.41) is 10.7. The summed E-state index contributed by atoms with van der Waals surface area (Å²) in [7, 11) is 3.23. The number of ether oxygens (including phenoxy) is 3. The van der Waals surface area contributed by atoms with E-state index in [1.807, 2.05) is 50.2 Å². The molecule has 1 aromatic heterocycles. The van der Waals surface area contributed by atoms with Crippen molar-refractivity contribution in [3.63, 3.8) is 0 Å². The average Bonchev–Trinajstić information content (AvgIpc) is 2.67. The third-order valence-corrected chi connectivity index (χ3v) is 4.35. The molecule has 1 heterocycles. The average molecular weight is 353 g/mol. The lowest BCUT2D eigenvalue weighted by Gasteiger charge is -2.13. The third-order valence-electron chi connectivity index (χ3n) is 4.35. The largest absolute Gasteiger partial charge is 0.494 e. The van der Waals surface area contributed by atoms with Gasteiger partial charge in [0.1, 0.15) is 5.75 Å². The standard InChI is InChI=1S/C21H23NO4/c1-5-26-19-7-6-14(9-15(19)12-23)17-8-13(2)16-10-20(24-3)21(25-4)11-18(16)22-17/h6-11,23H,5,12H2,1-4H3. The molecule has 0 bridgehead atoms. The number of methoxy groups -OCH3 is 2. The van der Waals surface area contributed by atoms with Crippen LogP contribution in [0.25, 0.3) is 22.2 Å². The molecular weight excluding hydrogens is 330 g/mol. The number of aliphatic hydroxyl groups excluding tert-OH is 1. The molecule has 1 N–H and O–H groups in total. The molecule has 5 heteroatoms. The van der Waals surface area contributed by atoms with E-state index in [1.54, 1.807) is 14.2 Å². The summed E-state index contributed by atoms with van der Waals surface area (Å²) in [6, 6.07) is 11.6. The number of fused-ring (bicyclic) bond motifs is 1. The number of nitrogens with zero attached hydrogens (tertiary/aromatic N) is 1. The van der Waals surface area contributed by atoms with E-state index in [1.165, 1.54) is 0 Å². The lowest BCUT2D eigenvalue weighted by molar-refractivity contribution is 0.267. The molecule has 0 radical (unpaired) electrons. The molecular formula is C21H23NO4. The van der Waals surface area contributed by atoms with Crippen molar-refractivity contribution < 1.29 is 19.3 Å². The van der Waals surface area contributed by atoms with Crippen LogP contribution in [0, 0.1) is 6.92 Å². The van der Waals surface area contributed by atoms with Gasteiger partial charge in [0, 0.05) is 22.6 Å². The maximum absolute atomic E-state index is 9.64. The number of aryl methyl sites for hydroxylation is 1. The van der Waals surface area contributed by atoms with Crippen molar-refractivity contribution >= 4 is 10.9 Å². The molecule has 0 spiro atoms. The first kappa shape index (κ1) is 18.0. The van der Waals surface area contributed by atoms with Gasteiger partial charge in [-0.1, -0.05) is 0 Å². The minimum atomic E-state index is -0.0826. The highest BCUT2D eigenvalue weighted by atomic mass is 16.5. The van der Waals surface area contributed by atoms with Gasteiger partial charge >= 0.3 is 0 Å². The topological polar surface area (TPSA) is 60.8 Å². The zero-order valence-corrected chi connectivity index (χ0v) is 15.5. The van der Waals surface area contributed by atoms with Gasteiger partial charge in [-0.05, 0) is 49.7 Å². The van der Waals surface area contributed by atoms with Crippen molar-refractivity contribution in [3.8, 4) is 28.5 Å². The first-order valence-corrected chi connectivity index (χ1v) is 8.51. The van der Waals surface area contributed by atoms with E-state index in [4.69, 9.17) is 19.2 Å². The Kier molecular flexibility index (Phi) is 5.28. The first-order chi connectivity index (χ1) is 12.6. The quantitative estimate of drug-likeness (QED) is 0.722. The van der Waals surface area contributed by atoms with Gasteiger partial charge in [0.2, 0.25) is 0 Å². The number of hydrogen-bond acceptors (Lipinski definition) is 5. The van der Waals surface area contributed by atoms with Gasteiger partial charge < -0.3 is 19.3 Å². The number of aliphatic hydroxyl groups is 1. The van der Waals surface area contributed by atoms with Crippen LogP contribution >= 0.6 is 0 Å². The minimum absolute atomic E-state index is 0.0826. The molecule has 3 aromatic rings. The number of aromatic nitrogens is 1. The van der Waals surface area contributed by atoms with Gasteiger partial charge in [-0.15, -0.1) is 0 Å². The van der Waals surface area contributed by atoms with Gasteiger partial charge in [0.05, 0.1) is 38.6 Å². The zero-order chi connectivity index (χ0) is 18.7. The van der Waals surface area contributed by atoms with Crippen molar-refractivity contribution in [1.29, 1.82) is 0 Å². The molecule has 0 aliphatic rings. The van der Waals surface area contributed by atoms with Crippen LogP contribution in [0.5, 0.6) is 17.2 Å². The second kappa shape index (κ2) is 7.62. The molecule has 5 nitrogen and oxygen atoms in total. The highest BCUT2D eigenvalue weighted by Crippen LogP contribution is 2.35. The highest BCUT2D eigenvalue weighted by molar-refractivity contribution is 5.88. The van der Waals surface area contributed by atoms with Crippen LogP contribution < -0.4 is 14.2 Å². The fraction of sp³-hybridized carbons (Fsp3) is 0.286. The van der Waals surface area contributed by atoms with Gasteiger partial charge in [0.15, 0.2) is 11.5 Å². The van der Waals surface area contributed by atoms with E-state index in [0.29, 0.717) is 23.9 Å². The summed E-state index contributed by atoms with van der Waals surface area (Å²) < 4.78 is 16.3. The molecule has 0 fully saturated rings. The van der Waals surface area contributed by atoms with E-state index >= 15 is 0 Å². The van der Waals surface area contributed by atoms with Crippen LogP contribution in [0.15, 0.2) is 36.4 Å². The Labute approximate surface area is 153 Å². The molecule has 0 aliphatic carbocycles. The molecule has 0 unspecified atom stereocenters. The Morgan fingerprint density at radius 2 is 1.69 bits per heavy atom. The number of rotatable bonds is 6. The second-order valence-corrected chi connectivity index (χ2v) is 5.96. The van der Waals surface area contributed by atoms with Crippen molar-refractivity contribution in [2.45, 2.75) is 20.5 Å². The fourth-order valence-corrected chi connectivity index (χ4v) is 3.03. The summed E-state index contributed by atoms with van der Waals surface area (Å²) in [6.07, 6.45) is 0. The van der Waals surface area contributed by atoms with Crippen LogP contribution in [0.2, 0.25) is 0 Å². The Hall–Kier alpha value is -2.79. The second-order valence-electron chi connectivity index (χ2n) is 5.96. The Morgan fingerprint density at radius 1 is 0.962 bits per heavy atom. The maximum Gasteiger partial charge on any atom is 0.162 e. The van der Waals surface area contributed by atoms with Crippen LogP contribution in [-0.2, 0) is 6.61 Å². The van der Waals surface area contributed by atoms with E-state index in [-0.39, 0.29) is 6.61 Å². The predicted molar refractivity (Wildman–Crippen MR) is 102 cm³/mol. The van der Waals surface area contributed by atoms with Crippen LogP contribution in [-0.4, -0.2) is 30.9 Å². The van der Waals surface area contributed by atoms with Crippen LogP contribution in [0.3, 0.4) is 0 Å². The monoisotopic (exact) mass is 353 g/mol. The SMILES string of the molecule is CCOc1ccc(-c2cc(C)c3cc(OC)c(OC)cc3n2)cc1CO. The third kappa shape index (κ3) is 3.30. The minimum Gasteiger partial charge on any atom is -0.494 e. The van der Waals surface area contributed by atoms with Crippen molar-refractivity contribution in [1.82, 2.24) is 4.98 Å². The van der Waals surface area contributed by atoms with Crippen molar-refractivity contribution in [3.05, 3.63) is 47.5 Å². The van der Waals surface area contributed by atoms with E-state index < -0.39 is 0 Å². The summed E-state index contributed by atoms with van der Waals surface area (Å²) >= 11 is 0. The summed E-state index contributed by atoms with van der Waals surface area (Å²) in [6.45, 7) is 4.44. The zero-order valence-electron chi connectivity index (χ0n) is 15.5. The molecule has 0 aliphatic heterocycles. The van der Waals surface area contributed by atoms with Gasteiger partial charge in [-0.3, -0.25) is 0 Å². The lowest BCUT2D eigenvalue weighted by atomic mass is 10.0. The number of hydrogen-bond donors (Lipinski definition) is 1. The number of pyridine rings is 1. The smallest absolute Gasteiger partial charge is 0.162 e. The summed E-state index contributed by atoms with van der Waals surface area (Å²) in [4.78, 5) is 4.78. The summed E-state index contributed by atoms with van der Waals surface area (Å²) in [5.41, 5.74) is 4.43. The Morgan fingerprint density at radius 3 is 2.35 bits per heavy atom. The highest BCUT2D eigenvalue weighted by Gasteiger charge is 2.12. The maximum atomic E-state index is 9.64. The van der Waals surface area contributed by atoms with Crippen LogP contribution in [0.4, 0.5) is 0 Å². The molecule has 0 amide bonds. The molecule has 0 saturated carbocycles. The van der Waals surface area contributed by atoms with Crippen molar-refractivity contribution in [2.75, 3.05) is 20.8 Å². The van der Waals surface area contributed by atoms with E-state index in [2.05, 4.69) is 0 Å². The number of benzene rings is 2. The molecule has 0 saturated heterocycles. The molecule has 26 heavy (non-hydrogen) atoms. The van der Waals surface area contributed by atoms with Crippen molar-refractivity contribution in [2.24, 2.45) is 0 Å². The molecule has 2 aromatic carbocycles. The normalized spacial score (nSPS) is 10.8. The predicted octanol–water partition coefficient (Wildman–Crippen LogP) is 4.12. The first-order valence-electron chi connectivity index (χ1n) is 8.51. The van der Waals surface area contributed by atoms with Gasteiger partial charge in [-0.2, -0.15) is 0 Å².